The first-order chi connectivity index (χ1) is 19.1. The number of nitrogens with one attached hydrogen (secondary N) is 1. The van der Waals surface area contributed by atoms with E-state index < -0.39 is 22.2 Å². The zero-order chi connectivity index (χ0) is 28.9. The number of carbonyl (C=O) groups is 2. The van der Waals surface area contributed by atoms with E-state index in [1.54, 1.807) is 60.4 Å². The first-order valence-electron chi connectivity index (χ1n) is 14.1. The number of sulfonamides is 1. The SMILES string of the molecule is C[C@@H]1CN([C@@H](C)CO)C(=O)Cc2cc(NC(=O)C3CCCCC3)ccc2O[C@H]1CN(C)S(=O)(=O)c1ccccc1. The van der Waals surface area contributed by atoms with Crippen LogP contribution in [0.15, 0.2) is 53.4 Å². The molecular weight excluding hydrogens is 530 g/mol. The Morgan fingerprint density at radius 3 is 2.52 bits per heavy atom. The number of hydrogen-bond donors (Lipinski definition) is 2. The molecule has 0 bridgehead atoms. The number of anilines is 1. The minimum Gasteiger partial charge on any atom is -0.488 e. The lowest BCUT2D eigenvalue weighted by atomic mass is 9.88. The van der Waals surface area contributed by atoms with Crippen molar-refractivity contribution < 1.29 is 27.9 Å². The number of rotatable bonds is 8. The highest BCUT2D eigenvalue weighted by Crippen LogP contribution is 2.31. The molecule has 0 spiro atoms. The molecule has 3 atom stereocenters. The van der Waals surface area contributed by atoms with E-state index >= 15 is 0 Å². The van der Waals surface area contributed by atoms with Gasteiger partial charge in [-0.1, -0.05) is 44.4 Å². The number of benzene rings is 2. The molecule has 10 heteroatoms. The number of aliphatic hydroxyl groups is 1. The van der Waals surface area contributed by atoms with Crippen LogP contribution in [0.5, 0.6) is 5.75 Å². The van der Waals surface area contributed by atoms with Gasteiger partial charge in [0, 0.05) is 36.7 Å². The van der Waals surface area contributed by atoms with Gasteiger partial charge >= 0.3 is 0 Å². The van der Waals surface area contributed by atoms with Crippen molar-refractivity contribution in [3.63, 3.8) is 0 Å². The van der Waals surface area contributed by atoms with Crippen molar-refractivity contribution in [2.75, 3.05) is 32.1 Å². The molecule has 0 unspecified atom stereocenters. The van der Waals surface area contributed by atoms with Gasteiger partial charge in [0.2, 0.25) is 21.8 Å². The summed E-state index contributed by atoms with van der Waals surface area (Å²) in [5.41, 5.74) is 1.20. The highest BCUT2D eigenvalue weighted by Gasteiger charge is 2.33. The van der Waals surface area contributed by atoms with Gasteiger partial charge in [-0.3, -0.25) is 9.59 Å². The molecule has 2 aliphatic rings. The molecule has 1 fully saturated rings. The number of ether oxygens (including phenoxy) is 1. The van der Waals surface area contributed by atoms with Crippen LogP contribution in [0.1, 0.15) is 51.5 Å². The molecule has 0 saturated heterocycles. The zero-order valence-electron chi connectivity index (χ0n) is 23.6. The summed E-state index contributed by atoms with van der Waals surface area (Å²) in [4.78, 5) is 28.2. The standard InChI is InChI=1S/C30H41N3O6S/c1-21-18-33(22(2)20-34)29(35)17-24-16-25(31-30(36)23-10-6-4-7-11-23)14-15-27(24)39-28(21)19-32(3)40(37,38)26-12-8-5-9-13-26/h5,8-9,12-16,21-23,28,34H,4,6-7,10-11,17-20H2,1-3H3,(H,31,36)/t21-,22+,28+/m1/s1. The van der Waals surface area contributed by atoms with E-state index in [2.05, 4.69) is 5.32 Å². The Morgan fingerprint density at radius 1 is 1.15 bits per heavy atom. The first kappa shape index (κ1) is 30.0. The Balaban J connectivity index is 1.62. The molecule has 2 aromatic rings. The van der Waals surface area contributed by atoms with Crippen LogP contribution in [0.2, 0.25) is 0 Å². The molecule has 0 aromatic heterocycles. The van der Waals surface area contributed by atoms with Crippen molar-refractivity contribution in [2.24, 2.45) is 11.8 Å². The quantitative estimate of drug-likeness (QED) is 0.500. The molecule has 2 amide bonds. The van der Waals surface area contributed by atoms with Crippen LogP contribution in [-0.2, 0) is 26.0 Å². The number of hydrogen-bond acceptors (Lipinski definition) is 6. The highest BCUT2D eigenvalue weighted by atomic mass is 32.2. The lowest BCUT2D eigenvalue weighted by Crippen LogP contribution is -2.48. The minimum atomic E-state index is -3.76. The van der Waals surface area contributed by atoms with Crippen molar-refractivity contribution in [1.82, 2.24) is 9.21 Å². The lowest BCUT2D eigenvalue weighted by Gasteiger charge is -2.33. The minimum absolute atomic E-state index is 0.00920. The number of amides is 2. The van der Waals surface area contributed by atoms with Gasteiger partial charge in [0.25, 0.3) is 0 Å². The average molecular weight is 572 g/mol. The second kappa shape index (κ2) is 13.1. The third-order valence-corrected chi connectivity index (χ3v) is 9.89. The fourth-order valence-corrected chi connectivity index (χ4v) is 6.66. The van der Waals surface area contributed by atoms with Gasteiger partial charge < -0.3 is 20.1 Å². The normalized spacial score (nSPS) is 21.5. The molecule has 1 aliphatic heterocycles. The van der Waals surface area contributed by atoms with Gasteiger partial charge in [0.05, 0.1) is 30.5 Å². The summed E-state index contributed by atoms with van der Waals surface area (Å²) in [6.07, 6.45) is 4.48. The maximum absolute atomic E-state index is 13.4. The van der Waals surface area contributed by atoms with Gasteiger partial charge in [-0.25, -0.2) is 8.42 Å². The van der Waals surface area contributed by atoms with Crippen molar-refractivity contribution in [3.05, 3.63) is 54.1 Å². The van der Waals surface area contributed by atoms with E-state index in [4.69, 9.17) is 4.74 Å². The summed E-state index contributed by atoms with van der Waals surface area (Å²) >= 11 is 0. The molecule has 2 aromatic carbocycles. The maximum atomic E-state index is 13.4. The number of fused-ring (bicyclic) bond motifs is 1. The van der Waals surface area contributed by atoms with E-state index in [0.29, 0.717) is 23.5 Å². The van der Waals surface area contributed by atoms with Gasteiger partial charge in [-0.15, -0.1) is 0 Å². The number of carbonyl (C=O) groups excluding carboxylic acids is 2. The average Bonchev–Trinajstić information content (AvgIpc) is 3.01. The van der Waals surface area contributed by atoms with Crippen LogP contribution in [0.3, 0.4) is 0 Å². The summed E-state index contributed by atoms with van der Waals surface area (Å²) < 4.78 is 34.3. The molecule has 9 nitrogen and oxygen atoms in total. The summed E-state index contributed by atoms with van der Waals surface area (Å²) in [6.45, 7) is 3.86. The fourth-order valence-electron chi connectivity index (χ4n) is 5.46. The highest BCUT2D eigenvalue weighted by molar-refractivity contribution is 7.89. The largest absolute Gasteiger partial charge is 0.488 e. The predicted octanol–water partition coefficient (Wildman–Crippen LogP) is 3.68. The molecule has 218 valence electrons. The van der Waals surface area contributed by atoms with E-state index in [0.717, 1.165) is 32.1 Å². The molecule has 1 saturated carbocycles. The molecule has 1 aliphatic carbocycles. The van der Waals surface area contributed by atoms with Gasteiger partial charge in [-0.2, -0.15) is 4.31 Å². The number of aliphatic hydroxyl groups excluding tert-OH is 1. The third kappa shape index (κ3) is 7.03. The second-order valence-corrected chi connectivity index (χ2v) is 13.2. The van der Waals surface area contributed by atoms with E-state index in [1.807, 2.05) is 6.92 Å². The summed E-state index contributed by atoms with van der Waals surface area (Å²) in [7, 11) is -2.24. The Kier molecular flexibility index (Phi) is 9.86. The smallest absolute Gasteiger partial charge is 0.242 e. The van der Waals surface area contributed by atoms with Crippen molar-refractivity contribution in [3.8, 4) is 5.75 Å². The van der Waals surface area contributed by atoms with Crippen LogP contribution < -0.4 is 10.1 Å². The van der Waals surface area contributed by atoms with E-state index in [1.165, 1.54) is 11.4 Å². The number of likely N-dealkylation sites (N-methyl/N-ethyl adjacent to an activating group) is 1. The topological polar surface area (TPSA) is 116 Å². The van der Waals surface area contributed by atoms with E-state index in [-0.39, 0.29) is 48.1 Å². The van der Waals surface area contributed by atoms with Crippen LogP contribution in [-0.4, -0.2) is 73.4 Å². The Bertz CT molecular complexity index is 1280. The monoisotopic (exact) mass is 571 g/mol. The fraction of sp³-hybridized carbons (Fsp3) is 0.533. The van der Waals surface area contributed by atoms with Gasteiger partial charge in [-0.05, 0) is 50.1 Å². The molecule has 4 rings (SSSR count). The zero-order valence-corrected chi connectivity index (χ0v) is 24.4. The second-order valence-electron chi connectivity index (χ2n) is 11.1. The third-order valence-electron chi connectivity index (χ3n) is 8.05. The van der Waals surface area contributed by atoms with Gasteiger partial charge in [0.1, 0.15) is 11.9 Å². The summed E-state index contributed by atoms with van der Waals surface area (Å²) in [5.74, 6) is 0.0441. The van der Waals surface area contributed by atoms with Crippen molar-refractivity contribution in [2.45, 2.75) is 69.4 Å². The van der Waals surface area contributed by atoms with Crippen molar-refractivity contribution in [1.29, 1.82) is 0 Å². The van der Waals surface area contributed by atoms with Crippen LogP contribution >= 0.6 is 0 Å². The van der Waals surface area contributed by atoms with Gasteiger partial charge in [0.15, 0.2) is 0 Å². The first-order valence-corrected chi connectivity index (χ1v) is 15.6. The molecule has 1 heterocycles. The molecule has 2 N–H and O–H groups in total. The molecule has 40 heavy (non-hydrogen) atoms. The van der Waals surface area contributed by atoms with E-state index in [9.17, 15) is 23.1 Å². The molecular formula is C30H41N3O6S. The molecule has 0 radical (unpaired) electrons. The summed E-state index contributed by atoms with van der Waals surface area (Å²) in [6, 6.07) is 13.1. The van der Waals surface area contributed by atoms with Crippen molar-refractivity contribution >= 4 is 27.5 Å². The number of nitrogens with zero attached hydrogens (tertiary/aromatic N) is 2. The predicted molar refractivity (Wildman–Crippen MR) is 153 cm³/mol. The lowest BCUT2D eigenvalue weighted by molar-refractivity contribution is -0.134. The maximum Gasteiger partial charge on any atom is 0.242 e. The Morgan fingerprint density at radius 2 is 1.85 bits per heavy atom. The Hall–Kier alpha value is -2.95. The van der Waals surface area contributed by atoms with Crippen LogP contribution in [0.25, 0.3) is 0 Å². The van der Waals surface area contributed by atoms with Crippen LogP contribution in [0, 0.1) is 11.8 Å². The summed E-state index contributed by atoms with van der Waals surface area (Å²) in [5, 5.41) is 12.9. The Labute approximate surface area is 237 Å². The van der Waals surface area contributed by atoms with Crippen LogP contribution in [0.4, 0.5) is 5.69 Å².